The van der Waals surface area contributed by atoms with Crippen LogP contribution < -0.4 is 4.90 Å². The van der Waals surface area contributed by atoms with E-state index in [4.69, 9.17) is 4.74 Å². The zero-order valence-corrected chi connectivity index (χ0v) is 15.4. The molecule has 0 unspecified atom stereocenters. The van der Waals surface area contributed by atoms with Gasteiger partial charge in [-0.3, -0.25) is 4.79 Å². The van der Waals surface area contributed by atoms with Gasteiger partial charge in [0.05, 0.1) is 13.0 Å². The fraction of sp³-hybridized carbons (Fsp3) is 0.650. The number of carbonyl (C=O) groups excluding carboxylic acids is 1. The maximum absolute atomic E-state index is 12.9. The smallest absolute Gasteiger partial charge is 0.229 e. The lowest BCUT2D eigenvalue weighted by atomic mass is 9.89. The summed E-state index contributed by atoms with van der Waals surface area (Å²) >= 11 is 0. The van der Waals surface area contributed by atoms with Gasteiger partial charge in [-0.05, 0) is 44.5 Å². The molecule has 2 heterocycles. The topological polar surface area (TPSA) is 32.8 Å². The number of likely N-dealkylation sites (tertiary alicyclic amines) is 1. The molecule has 0 spiro atoms. The van der Waals surface area contributed by atoms with Crippen LogP contribution in [0.1, 0.15) is 43.7 Å². The molecule has 2 aliphatic heterocycles. The Labute approximate surface area is 145 Å². The highest BCUT2D eigenvalue weighted by molar-refractivity contribution is 5.97. The molecular formula is C20H30N2O2. The Morgan fingerprint density at radius 1 is 1.38 bits per heavy atom. The number of amides is 1. The number of hydrogen-bond donors (Lipinski definition) is 0. The Kier molecular flexibility index (Phi) is 5.26. The van der Waals surface area contributed by atoms with Gasteiger partial charge in [-0.1, -0.05) is 31.5 Å². The summed E-state index contributed by atoms with van der Waals surface area (Å²) in [5.74, 6) is 1.16. The number of likely N-dealkylation sites (N-methyl/N-ethyl adjacent to an activating group) is 1. The van der Waals surface area contributed by atoms with E-state index >= 15 is 0 Å². The summed E-state index contributed by atoms with van der Waals surface area (Å²) in [4.78, 5) is 17.4. The van der Waals surface area contributed by atoms with Gasteiger partial charge in [0.1, 0.15) is 0 Å². The van der Waals surface area contributed by atoms with Gasteiger partial charge >= 0.3 is 0 Å². The van der Waals surface area contributed by atoms with Crippen LogP contribution >= 0.6 is 0 Å². The molecule has 1 aromatic carbocycles. The van der Waals surface area contributed by atoms with Crippen LogP contribution in [0.5, 0.6) is 0 Å². The number of rotatable bonds is 5. The van der Waals surface area contributed by atoms with Gasteiger partial charge in [-0.15, -0.1) is 0 Å². The minimum absolute atomic E-state index is 0.209. The third-order valence-electron chi connectivity index (χ3n) is 5.13. The van der Waals surface area contributed by atoms with Crippen molar-refractivity contribution in [3.63, 3.8) is 0 Å². The van der Waals surface area contributed by atoms with Crippen molar-refractivity contribution in [1.29, 1.82) is 0 Å². The lowest BCUT2D eigenvalue weighted by molar-refractivity contribution is -0.120. The molecule has 4 nitrogen and oxygen atoms in total. The van der Waals surface area contributed by atoms with Gasteiger partial charge in [0.25, 0.3) is 0 Å². The molecule has 1 saturated heterocycles. The van der Waals surface area contributed by atoms with E-state index in [1.165, 1.54) is 11.1 Å². The number of aryl methyl sites for hydroxylation is 1. The molecule has 1 aromatic rings. The molecule has 0 radical (unpaired) electrons. The van der Waals surface area contributed by atoms with Crippen molar-refractivity contribution in [2.75, 3.05) is 38.3 Å². The average Bonchev–Trinajstić information content (AvgIpc) is 2.84. The Hall–Kier alpha value is -1.39. The summed E-state index contributed by atoms with van der Waals surface area (Å²) < 4.78 is 5.63. The molecule has 24 heavy (non-hydrogen) atoms. The second-order valence-corrected chi connectivity index (χ2v) is 7.77. The molecule has 1 amide bonds. The van der Waals surface area contributed by atoms with Crippen LogP contribution in [0.25, 0.3) is 0 Å². The number of anilines is 1. The van der Waals surface area contributed by atoms with Crippen LogP contribution in [-0.2, 0) is 9.53 Å². The van der Waals surface area contributed by atoms with Crippen LogP contribution in [-0.4, -0.2) is 50.2 Å². The molecule has 1 fully saturated rings. The monoisotopic (exact) mass is 330 g/mol. The first kappa shape index (κ1) is 17.4. The van der Waals surface area contributed by atoms with Gasteiger partial charge in [-0.25, -0.2) is 0 Å². The Morgan fingerprint density at radius 2 is 2.17 bits per heavy atom. The first-order valence-corrected chi connectivity index (χ1v) is 9.16. The standard InChI is InChI=1S/C20H30N2O2/c1-14(2)13-24-10-8-20(23)22-18-6-5-15(3)11-16(18)17-12-21(4)9-7-19(17)22/h5-6,11,14,17,19H,7-10,12-13H2,1-4H3/t17-,19+/m0/s1. The lowest BCUT2D eigenvalue weighted by Gasteiger charge is -2.36. The van der Waals surface area contributed by atoms with Gasteiger partial charge in [0, 0.05) is 30.8 Å². The molecule has 0 aliphatic carbocycles. The fourth-order valence-corrected chi connectivity index (χ4v) is 4.00. The van der Waals surface area contributed by atoms with E-state index in [0.717, 1.165) is 31.8 Å². The third kappa shape index (κ3) is 3.50. The molecule has 0 saturated carbocycles. The van der Waals surface area contributed by atoms with Crippen molar-refractivity contribution < 1.29 is 9.53 Å². The maximum Gasteiger partial charge on any atom is 0.229 e. The van der Waals surface area contributed by atoms with E-state index in [1.54, 1.807) is 0 Å². The zero-order chi connectivity index (χ0) is 17.3. The van der Waals surface area contributed by atoms with E-state index in [2.05, 4.69) is 55.8 Å². The summed E-state index contributed by atoms with van der Waals surface area (Å²) in [6.45, 7) is 9.72. The predicted octanol–water partition coefficient (Wildman–Crippen LogP) is 3.19. The van der Waals surface area contributed by atoms with Gasteiger partial charge in [0.2, 0.25) is 5.91 Å². The summed E-state index contributed by atoms with van der Waals surface area (Å²) in [6.07, 6.45) is 1.52. The van der Waals surface area contributed by atoms with Gasteiger partial charge < -0.3 is 14.5 Å². The van der Waals surface area contributed by atoms with Crippen LogP contribution in [0.2, 0.25) is 0 Å². The molecule has 4 heteroatoms. The van der Waals surface area contributed by atoms with E-state index < -0.39 is 0 Å². The summed E-state index contributed by atoms with van der Waals surface area (Å²) in [5, 5.41) is 0. The lowest BCUT2D eigenvalue weighted by Crippen LogP contribution is -2.47. The molecule has 0 bridgehead atoms. The molecule has 2 atom stereocenters. The minimum Gasteiger partial charge on any atom is -0.381 e. The number of ether oxygens (including phenoxy) is 1. The predicted molar refractivity (Wildman–Crippen MR) is 97.6 cm³/mol. The van der Waals surface area contributed by atoms with Crippen molar-refractivity contribution in [1.82, 2.24) is 4.90 Å². The number of carbonyl (C=O) groups is 1. The van der Waals surface area contributed by atoms with Crippen molar-refractivity contribution >= 4 is 11.6 Å². The molecular weight excluding hydrogens is 300 g/mol. The highest BCUT2D eigenvalue weighted by Gasteiger charge is 2.43. The quantitative estimate of drug-likeness (QED) is 0.777. The minimum atomic E-state index is 0.209. The normalized spacial score (nSPS) is 23.5. The first-order chi connectivity index (χ1) is 11.5. The Morgan fingerprint density at radius 3 is 2.92 bits per heavy atom. The van der Waals surface area contributed by atoms with E-state index in [0.29, 0.717) is 30.9 Å². The number of nitrogens with zero attached hydrogens (tertiary/aromatic N) is 2. The van der Waals surface area contributed by atoms with Crippen molar-refractivity contribution in [2.45, 2.75) is 45.6 Å². The van der Waals surface area contributed by atoms with E-state index in [9.17, 15) is 4.79 Å². The second-order valence-electron chi connectivity index (χ2n) is 7.77. The number of piperidine rings is 1. The number of fused-ring (bicyclic) bond motifs is 3. The summed E-state index contributed by atoms with van der Waals surface area (Å²) in [6, 6.07) is 6.84. The fourth-order valence-electron chi connectivity index (χ4n) is 4.00. The van der Waals surface area contributed by atoms with Crippen molar-refractivity contribution in [3.8, 4) is 0 Å². The molecule has 0 aromatic heterocycles. The van der Waals surface area contributed by atoms with Gasteiger partial charge in [-0.2, -0.15) is 0 Å². The number of hydrogen-bond acceptors (Lipinski definition) is 3. The van der Waals surface area contributed by atoms with Crippen LogP contribution in [0, 0.1) is 12.8 Å². The molecule has 0 N–H and O–H groups in total. The SMILES string of the molecule is Cc1ccc2c(c1)[C@@H]1CN(C)CC[C@H]1N2C(=O)CCOCC(C)C. The largest absolute Gasteiger partial charge is 0.381 e. The second kappa shape index (κ2) is 7.24. The summed E-state index contributed by atoms with van der Waals surface area (Å²) in [7, 11) is 2.18. The third-order valence-corrected chi connectivity index (χ3v) is 5.13. The maximum atomic E-state index is 12.9. The molecule has 2 aliphatic rings. The van der Waals surface area contributed by atoms with Crippen molar-refractivity contribution in [2.24, 2.45) is 5.92 Å². The highest BCUT2D eigenvalue weighted by atomic mass is 16.5. The average molecular weight is 330 g/mol. The van der Waals surface area contributed by atoms with Crippen LogP contribution in [0.3, 0.4) is 0 Å². The Balaban J connectivity index is 1.76. The van der Waals surface area contributed by atoms with Gasteiger partial charge in [0.15, 0.2) is 0 Å². The first-order valence-electron chi connectivity index (χ1n) is 9.16. The van der Waals surface area contributed by atoms with E-state index in [1.807, 2.05) is 0 Å². The van der Waals surface area contributed by atoms with Crippen LogP contribution in [0.15, 0.2) is 18.2 Å². The van der Waals surface area contributed by atoms with E-state index in [-0.39, 0.29) is 5.91 Å². The zero-order valence-electron chi connectivity index (χ0n) is 15.4. The van der Waals surface area contributed by atoms with Crippen LogP contribution in [0.4, 0.5) is 5.69 Å². The number of benzene rings is 1. The molecule has 132 valence electrons. The summed E-state index contributed by atoms with van der Waals surface area (Å²) in [5.41, 5.74) is 3.75. The highest BCUT2D eigenvalue weighted by Crippen LogP contribution is 2.45. The Bertz CT molecular complexity index is 599. The van der Waals surface area contributed by atoms with Crippen molar-refractivity contribution in [3.05, 3.63) is 29.3 Å². The molecule has 3 rings (SSSR count).